The van der Waals surface area contributed by atoms with Crippen molar-refractivity contribution in [2.45, 2.75) is 52.1 Å². The van der Waals surface area contributed by atoms with Crippen LogP contribution in [-0.2, 0) is 13.0 Å². The second kappa shape index (κ2) is 6.01. The number of aromatic nitrogens is 2. The van der Waals surface area contributed by atoms with E-state index in [2.05, 4.69) is 44.9 Å². The second-order valence-corrected chi connectivity index (χ2v) is 5.65. The molecule has 1 aromatic rings. The Kier molecular flexibility index (Phi) is 4.62. The smallest absolute Gasteiger partial charge is 0.0635 e. The van der Waals surface area contributed by atoms with Crippen LogP contribution in [0.25, 0.3) is 0 Å². The molecule has 1 saturated carbocycles. The van der Waals surface area contributed by atoms with Gasteiger partial charge in [0.15, 0.2) is 0 Å². The summed E-state index contributed by atoms with van der Waals surface area (Å²) in [6.45, 7) is 6.37. The Morgan fingerprint density at radius 1 is 1.53 bits per heavy atom. The third kappa shape index (κ3) is 3.32. The van der Waals surface area contributed by atoms with Crippen molar-refractivity contribution in [1.29, 1.82) is 0 Å². The lowest BCUT2D eigenvalue weighted by atomic mass is 10.1. The van der Waals surface area contributed by atoms with Gasteiger partial charge in [-0.3, -0.25) is 4.68 Å². The highest BCUT2D eigenvalue weighted by Crippen LogP contribution is 2.34. The normalized spacial score (nSPS) is 17.4. The minimum atomic E-state index is 0.701. The van der Waals surface area contributed by atoms with E-state index in [4.69, 9.17) is 0 Å². The third-order valence-corrected chi connectivity index (χ3v) is 4.21. The molecule has 1 aliphatic rings. The van der Waals surface area contributed by atoms with E-state index < -0.39 is 0 Å². The molecule has 1 heterocycles. The molecule has 0 radical (unpaired) electrons. The molecule has 2 rings (SSSR count). The molecule has 1 aromatic heterocycles. The summed E-state index contributed by atoms with van der Waals surface area (Å²) >= 11 is 3.60. The van der Waals surface area contributed by atoms with Gasteiger partial charge in [-0.15, -0.1) is 0 Å². The van der Waals surface area contributed by atoms with Crippen molar-refractivity contribution in [3.63, 3.8) is 0 Å². The first-order valence-electron chi connectivity index (χ1n) is 6.69. The lowest BCUT2D eigenvalue weighted by molar-refractivity contribution is 0.438. The van der Waals surface area contributed by atoms with E-state index in [0.29, 0.717) is 6.04 Å². The first-order valence-corrected chi connectivity index (χ1v) is 7.49. The van der Waals surface area contributed by atoms with Crippen LogP contribution >= 0.6 is 15.9 Å². The van der Waals surface area contributed by atoms with Crippen LogP contribution in [0.15, 0.2) is 10.7 Å². The largest absolute Gasteiger partial charge is 0.314 e. The van der Waals surface area contributed by atoms with Crippen LogP contribution in [0.1, 0.15) is 38.8 Å². The average molecular weight is 300 g/mol. The SMILES string of the molecule is CCNC(CCc1c(Br)cnn1CC)C1CC1. The number of aryl methyl sites for hydroxylation is 1. The van der Waals surface area contributed by atoms with Crippen molar-refractivity contribution in [2.24, 2.45) is 5.92 Å². The van der Waals surface area contributed by atoms with Crippen molar-refractivity contribution < 1.29 is 0 Å². The van der Waals surface area contributed by atoms with Crippen molar-refractivity contribution in [3.05, 3.63) is 16.4 Å². The molecule has 1 N–H and O–H groups in total. The fraction of sp³-hybridized carbons (Fsp3) is 0.769. The van der Waals surface area contributed by atoms with Gasteiger partial charge in [0.1, 0.15) is 0 Å². The molecule has 0 amide bonds. The Labute approximate surface area is 112 Å². The monoisotopic (exact) mass is 299 g/mol. The number of halogens is 1. The number of rotatable bonds is 7. The third-order valence-electron chi connectivity index (χ3n) is 3.55. The van der Waals surface area contributed by atoms with Gasteiger partial charge < -0.3 is 5.32 Å². The quantitative estimate of drug-likeness (QED) is 0.839. The van der Waals surface area contributed by atoms with Crippen LogP contribution in [0.2, 0.25) is 0 Å². The molecule has 1 fully saturated rings. The van der Waals surface area contributed by atoms with Crippen LogP contribution in [0, 0.1) is 5.92 Å². The Morgan fingerprint density at radius 3 is 2.88 bits per heavy atom. The summed E-state index contributed by atoms with van der Waals surface area (Å²) in [5, 5.41) is 7.99. The number of nitrogens with zero attached hydrogens (tertiary/aromatic N) is 2. The number of nitrogens with one attached hydrogen (secondary N) is 1. The highest BCUT2D eigenvalue weighted by molar-refractivity contribution is 9.10. The summed E-state index contributed by atoms with van der Waals surface area (Å²) in [6.07, 6.45) is 7.07. The summed E-state index contributed by atoms with van der Waals surface area (Å²) in [6, 6.07) is 0.701. The van der Waals surface area contributed by atoms with Crippen molar-refractivity contribution in [3.8, 4) is 0 Å². The minimum Gasteiger partial charge on any atom is -0.314 e. The average Bonchev–Trinajstić information content (AvgIpc) is 3.10. The van der Waals surface area contributed by atoms with Gasteiger partial charge in [0.05, 0.1) is 16.4 Å². The predicted molar refractivity (Wildman–Crippen MR) is 74.1 cm³/mol. The highest BCUT2D eigenvalue weighted by atomic mass is 79.9. The zero-order valence-electron chi connectivity index (χ0n) is 10.7. The van der Waals surface area contributed by atoms with E-state index in [-0.39, 0.29) is 0 Å². The molecule has 0 bridgehead atoms. The minimum absolute atomic E-state index is 0.701. The zero-order valence-corrected chi connectivity index (χ0v) is 12.3. The summed E-state index contributed by atoms with van der Waals surface area (Å²) in [5.41, 5.74) is 1.34. The Morgan fingerprint density at radius 2 is 2.29 bits per heavy atom. The molecule has 1 unspecified atom stereocenters. The topological polar surface area (TPSA) is 29.9 Å². The zero-order chi connectivity index (χ0) is 12.3. The van der Waals surface area contributed by atoms with E-state index >= 15 is 0 Å². The summed E-state index contributed by atoms with van der Waals surface area (Å²) in [7, 11) is 0. The predicted octanol–water partition coefficient (Wildman–Crippen LogP) is 2.99. The van der Waals surface area contributed by atoms with Crippen molar-refractivity contribution >= 4 is 15.9 Å². The van der Waals surface area contributed by atoms with Crippen molar-refractivity contribution in [2.75, 3.05) is 6.54 Å². The van der Waals surface area contributed by atoms with Gasteiger partial charge in [-0.25, -0.2) is 0 Å². The highest BCUT2D eigenvalue weighted by Gasteiger charge is 2.30. The van der Waals surface area contributed by atoms with Gasteiger partial charge in [0, 0.05) is 12.6 Å². The van der Waals surface area contributed by atoms with Crippen LogP contribution in [0.4, 0.5) is 0 Å². The lowest BCUT2D eigenvalue weighted by Gasteiger charge is -2.17. The summed E-state index contributed by atoms with van der Waals surface area (Å²) < 4.78 is 3.25. The first kappa shape index (κ1) is 13.1. The molecule has 1 aliphatic carbocycles. The van der Waals surface area contributed by atoms with E-state index in [1.165, 1.54) is 25.0 Å². The van der Waals surface area contributed by atoms with Gasteiger partial charge >= 0.3 is 0 Å². The maximum Gasteiger partial charge on any atom is 0.0635 e. The molecule has 4 heteroatoms. The maximum atomic E-state index is 4.37. The number of hydrogen-bond donors (Lipinski definition) is 1. The van der Waals surface area contributed by atoms with Crippen LogP contribution in [0.3, 0.4) is 0 Å². The Bertz CT molecular complexity index is 358. The fourth-order valence-electron chi connectivity index (χ4n) is 2.47. The fourth-order valence-corrected chi connectivity index (χ4v) is 2.96. The molecule has 0 spiro atoms. The van der Waals surface area contributed by atoms with E-state index in [1.807, 2.05) is 6.20 Å². The molecule has 0 aliphatic heterocycles. The molecule has 0 saturated heterocycles. The van der Waals surface area contributed by atoms with E-state index in [1.54, 1.807) is 0 Å². The van der Waals surface area contributed by atoms with Gasteiger partial charge in [0.25, 0.3) is 0 Å². The second-order valence-electron chi connectivity index (χ2n) is 4.80. The molecule has 96 valence electrons. The molecule has 1 atom stereocenters. The summed E-state index contributed by atoms with van der Waals surface area (Å²) in [5.74, 6) is 0.923. The van der Waals surface area contributed by atoms with Crippen LogP contribution in [-0.4, -0.2) is 22.4 Å². The first-order chi connectivity index (χ1) is 8.26. The molecular formula is C13H22BrN3. The van der Waals surface area contributed by atoms with Gasteiger partial charge in [-0.05, 0) is 61.0 Å². The van der Waals surface area contributed by atoms with Gasteiger partial charge in [-0.1, -0.05) is 6.92 Å². The van der Waals surface area contributed by atoms with Gasteiger partial charge in [0.2, 0.25) is 0 Å². The Hall–Kier alpha value is -0.350. The lowest BCUT2D eigenvalue weighted by Crippen LogP contribution is -2.31. The van der Waals surface area contributed by atoms with E-state index in [9.17, 15) is 0 Å². The Balaban J connectivity index is 1.93. The molecule has 3 nitrogen and oxygen atoms in total. The molecule has 17 heavy (non-hydrogen) atoms. The molecular weight excluding hydrogens is 278 g/mol. The van der Waals surface area contributed by atoms with Gasteiger partial charge in [-0.2, -0.15) is 5.10 Å². The molecule has 0 aromatic carbocycles. The maximum absolute atomic E-state index is 4.37. The van der Waals surface area contributed by atoms with Crippen molar-refractivity contribution in [1.82, 2.24) is 15.1 Å². The standard InChI is InChI=1S/C13H22BrN3/c1-3-15-12(10-5-6-10)7-8-13-11(14)9-16-17(13)4-2/h9-10,12,15H,3-8H2,1-2H3. The van der Waals surface area contributed by atoms with Crippen LogP contribution in [0.5, 0.6) is 0 Å². The summed E-state index contributed by atoms with van der Waals surface area (Å²) in [4.78, 5) is 0. The van der Waals surface area contributed by atoms with Crippen LogP contribution < -0.4 is 5.32 Å². The van der Waals surface area contributed by atoms with E-state index in [0.717, 1.165) is 29.9 Å². The number of hydrogen-bond acceptors (Lipinski definition) is 2.